The molecule has 0 aliphatic carbocycles. The molecule has 1 N–H and O–H groups in total. The topological polar surface area (TPSA) is 49.4 Å². The monoisotopic (exact) mass is 454 g/mol. The van der Waals surface area contributed by atoms with Crippen molar-refractivity contribution in [2.75, 3.05) is 12.3 Å². The van der Waals surface area contributed by atoms with Crippen LogP contribution in [0.3, 0.4) is 0 Å². The summed E-state index contributed by atoms with van der Waals surface area (Å²) < 4.78 is 27.1. The van der Waals surface area contributed by atoms with Crippen molar-refractivity contribution >= 4 is 35.2 Å². The highest BCUT2D eigenvalue weighted by molar-refractivity contribution is 7.99. The number of thioether (sulfide) groups is 1. The molecule has 0 saturated carbocycles. The third kappa shape index (κ3) is 6.99. The molecule has 0 heterocycles. The Morgan fingerprint density at radius 2 is 1.87 bits per heavy atom. The SMILES string of the molecule is CCCNC(=O)[C@@H](C)N(Cc1ccc(F)cc1)C(=O)CSCc1c(F)cccc1Cl. The molecule has 2 amide bonds. The van der Waals surface area contributed by atoms with Crippen molar-refractivity contribution in [3.63, 3.8) is 0 Å². The number of amides is 2. The van der Waals surface area contributed by atoms with Gasteiger partial charge in [-0.05, 0) is 43.2 Å². The minimum atomic E-state index is -0.702. The first-order chi connectivity index (χ1) is 14.3. The van der Waals surface area contributed by atoms with Gasteiger partial charge in [0, 0.05) is 29.4 Å². The van der Waals surface area contributed by atoms with Gasteiger partial charge in [0.15, 0.2) is 0 Å². The average molecular weight is 455 g/mol. The van der Waals surface area contributed by atoms with Crippen LogP contribution in [0.1, 0.15) is 31.4 Å². The van der Waals surface area contributed by atoms with Gasteiger partial charge in [-0.1, -0.05) is 36.7 Å². The Bertz CT molecular complexity index is 844. The lowest BCUT2D eigenvalue weighted by atomic mass is 10.1. The van der Waals surface area contributed by atoms with Crippen molar-refractivity contribution in [2.24, 2.45) is 0 Å². The number of hydrogen-bond donors (Lipinski definition) is 1. The predicted octanol–water partition coefficient (Wildman–Crippen LogP) is 4.79. The summed E-state index contributed by atoms with van der Waals surface area (Å²) in [6, 6.07) is 9.54. The van der Waals surface area contributed by atoms with Gasteiger partial charge in [0.2, 0.25) is 11.8 Å². The van der Waals surface area contributed by atoms with E-state index in [0.717, 1.165) is 6.42 Å². The second kappa shape index (κ2) is 11.9. The van der Waals surface area contributed by atoms with Gasteiger partial charge in [0.05, 0.1) is 5.75 Å². The maximum atomic E-state index is 13.9. The summed E-state index contributed by atoms with van der Waals surface area (Å²) in [5, 5.41) is 3.10. The van der Waals surface area contributed by atoms with Gasteiger partial charge in [-0.3, -0.25) is 9.59 Å². The van der Waals surface area contributed by atoms with Crippen molar-refractivity contribution in [2.45, 2.75) is 38.6 Å². The summed E-state index contributed by atoms with van der Waals surface area (Å²) >= 11 is 7.26. The number of carbonyl (C=O) groups excluding carboxylic acids is 2. The van der Waals surface area contributed by atoms with E-state index in [1.54, 1.807) is 25.1 Å². The van der Waals surface area contributed by atoms with E-state index in [0.29, 0.717) is 22.7 Å². The Kier molecular flexibility index (Phi) is 9.59. The lowest BCUT2D eigenvalue weighted by molar-refractivity contribution is -0.138. The number of carbonyl (C=O) groups is 2. The molecule has 2 aromatic carbocycles. The minimum absolute atomic E-state index is 0.0528. The summed E-state index contributed by atoms with van der Waals surface area (Å²) in [4.78, 5) is 26.8. The van der Waals surface area contributed by atoms with E-state index >= 15 is 0 Å². The molecule has 0 fully saturated rings. The van der Waals surface area contributed by atoms with Crippen LogP contribution < -0.4 is 5.32 Å². The van der Waals surface area contributed by atoms with Crippen LogP contribution >= 0.6 is 23.4 Å². The van der Waals surface area contributed by atoms with Crippen molar-refractivity contribution < 1.29 is 18.4 Å². The first-order valence-corrected chi connectivity index (χ1v) is 11.2. The lowest BCUT2D eigenvalue weighted by Gasteiger charge is -2.28. The van der Waals surface area contributed by atoms with Crippen LogP contribution in [0.2, 0.25) is 5.02 Å². The number of nitrogens with one attached hydrogen (secondary N) is 1. The Morgan fingerprint density at radius 3 is 2.50 bits per heavy atom. The van der Waals surface area contributed by atoms with Crippen molar-refractivity contribution in [1.29, 1.82) is 0 Å². The lowest BCUT2D eigenvalue weighted by Crippen LogP contribution is -2.48. The molecule has 0 spiro atoms. The molecule has 2 aromatic rings. The fraction of sp³-hybridized carbons (Fsp3) is 0.364. The molecule has 1 atom stereocenters. The third-order valence-corrected chi connectivity index (χ3v) is 5.81. The second-order valence-corrected chi connectivity index (χ2v) is 8.20. The average Bonchev–Trinajstić information content (AvgIpc) is 2.73. The van der Waals surface area contributed by atoms with E-state index < -0.39 is 11.9 Å². The maximum Gasteiger partial charge on any atom is 0.242 e. The summed E-state index contributed by atoms with van der Waals surface area (Å²) in [6.07, 6.45) is 0.781. The Hall–Kier alpha value is -2.12. The molecule has 4 nitrogen and oxygen atoms in total. The van der Waals surface area contributed by atoms with Crippen LogP contribution in [-0.4, -0.2) is 35.1 Å². The van der Waals surface area contributed by atoms with Crippen LogP contribution in [0.5, 0.6) is 0 Å². The van der Waals surface area contributed by atoms with Crippen molar-refractivity contribution in [3.05, 3.63) is 70.2 Å². The molecule has 0 aliphatic heterocycles. The van der Waals surface area contributed by atoms with Crippen LogP contribution in [-0.2, 0) is 21.9 Å². The van der Waals surface area contributed by atoms with E-state index in [2.05, 4.69) is 5.32 Å². The Balaban J connectivity index is 2.08. The van der Waals surface area contributed by atoms with Gasteiger partial charge in [0.25, 0.3) is 0 Å². The highest BCUT2D eigenvalue weighted by atomic mass is 35.5. The smallest absolute Gasteiger partial charge is 0.242 e. The highest BCUT2D eigenvalue weighted by Crippen LogP contribution is 2.24. The number of nitrogens with zero attached hydrogens (tertiary/aromatic N) is 1. The summed E-state index contributed by atoms with van der Waals surface area (Å²) in [5.74, 6) is -1.03. The Morgan fingerprint density at radius 1 is 1.17 bits per heavy atom. The molecule has 0 aliphatic rings. The standard InChI is InChI=1S/C22H25ClF2N2O2S/c1-3-11-26-22(29)15(2)27(12-16-7-9-17(24)10-8-16)21(28)14-30-13-18-19(23)5-4-6-20(18)25/h4-10,15H,3,11-14H2,1-2H3,(H,26,29)/t15-/m1/s1. The zero-order valence-corrected chi connectivity index (χ0v) is 18.5. The molecule has 162 valence electrons. The van der Waals surface area contributed by atoms with Crippen LogP contribution in [0.25, 0.3) is 0 Å². The fourth-order valence-corrected chi connectivity index (χ4v) is 4.01. The molecule has 30 heavy (non-hydrogen) atoms. The summed E-state index contributed by atoms with van der Waals surface area (Å²) in [6.45, 7) is 4.28. The van der Waals surface area contributed by atoms with Crippen molar-refractivity contribution in [3.8, 4) is 0 Å². The first-order valence-electron chi connectivity index (χ1n) is 9.65. The zero-order valence-electron chi connectivity index (χ0n) is 17.0. The normalized spacial score (nSPS) is 11.8. The quantitative estimate of drug-likeness (QED) is 0.561. The van der Waals surface area contributed by atoms with Gasteiger partial charge in [-0.2, -0.15) is 0 Å². The van der Waals surface area contributed by atoms with Crippen LogP contribution in [0.15, 0.2) is 42.5 Å². The second-order valence-electron chi connectivity index (χ2n) is 6.81. The molecule has 0 saturated heterocycles. The van der Waals surface area contributed by atoms with Crippen molar-refractivity contribution in [1.82, 2.24) is 10.2 Å². The summed E-state index contributed by atoms with van der Waals surface area (Å²) in [5.41, 5.74) is 1.05. The number of rotatable bonds is 10. The van der Waals surface area contributed by atoms with Gasteiger partial charge < -0.3 is 10.2 Å². The number of benzene rings is 2. The van der Waals surface area contributed by atoms with E-state index in [1.807, 2.05) is 6.92 Å². The molecule has 0 unspecified atom stereocenters. The minimum Gasteiger partial charge on any atom is -0.354 e. The van der Waals surface area contributed by atoms with E-state index in [4.69, 9.17) is 11.6 Å². The Labute approximate surface area is 185 Å². The predicted molar refractivity (Wildman–Crippen MR) is 117 cm³/mol. The molecule has 0 radical (unpaired) electrons. The number of hydrogen-bond acceptors (Lipinski definition) is 3. The molecular formula is C22H25ClF2N2O2S. The summed E-state index contributed by atoms with van der Waals surface area (Å²) in [7, 11) is 0. The molecule has 8 heteroatoms. The van der Waals surface area contributed by atoms with Crippen LogP contribution in [0, 0.1) is 11.6 Å². The number of halogens is 3. The van der Waals surface area contributed by atoms with E-state index in [-0.39, 0.29) is 35.7 Å². The molecule has 0 bridgehead atoms. The highest BCUT2D eigenvalue weighted by Gasteiger charge is 2.26. The van der Waals surface area contributed by atoms with Crippen LogP contribution in [0.4, 0.5) is 8.78 Å². The van der Waals surface area contributed by atoms with Gasteiger partial charge in [0.1, 0.15) is 17.7 Å². The molecule has 2 rings (SSSR count). The van der Waals surface area contributed by atoms with Gasteiger partial charge >= 0.3 is 0 Å². The first kappa shape index (κ1) is 24.2. The van der Waals surface area contributed by atoms with E-state index in [1.165, 1.54) is 40.9 Å². The fourth-order valence-electron chi connectivity index (χ4n) is 2.76. The van der Waals surface area contributed by atoms with Gasteiger partial charge in [-0.15, -0.1) is 11.8 Å². The maximum absolute atomic E-state index is 13.9. The molecular weight excluding hydrogens is 430 g/mol. The molecule has 0 aromatic heterocycles. The van der Waals surface area contributed by atoms with E-state index in [9.17, 15) is 18.4 Å². The van der Waals surface area contributed by atoms with Gasteiger partial charge in [-0.25, -0.2) is 8.78 Å². The zero-order chi connectivity index (χ0) is 22.1. The largest absolute Gasteiger partial charge is 0.354 e. The third-order valence-electron chi connectivity index (χ3n) is 4.52.